The van der Waals surface area contributed by atoms with Crippen molar-refractivity contribution in [3.63, 3.8) is 0 Å². The molecule has 300 valence electrons. The van der Waals surface area contributed by atoms with E-state index in [9.17, 15) is 13.0 Å². The number of anilines is 1. The van der Waals surface area contributed by atoms with Gasteiger partial charge in [0.15, 0.2) is 5.71 Å². The molecule has 0 unspecified atom stereocenters. The highest BCUT2D eigenvalue weighted by atomic mass is 35.5. The van der Waals surface area contributed by atoms with Crippen LogP contribution < -0.4 is 4.90 Å². The molecular formula is C41H48ClN2O9S3+. The molecule has 0 spiro atoms. The first-order valence-electron chi connectivity index (χ1n) is 18.5. The van der Waals surface area contributed by atoms with E-state index in [4.69, 9.17) is 22.1 Å². The van der Waals surface area contributed by atoms with Crippen molar-refractivity contribution in [3.8, 4) is 0 Å². The largest absolute Gasteiger partial charge is 0.344 e. The van der Waals surface area contributed by atoms with Crippen molar-refractivity contribution >= 4 is 73.7 Å². The number of hydrogen-bond donors (Lipinski definition) is 3. The quantitative estimate of drug-likeness (QED) is 0.0298. The SMILES string of the molecule is CC1(C)C(/C=C/C2=C(Cl)C(=C/C=C3/N(CCCS(=O)(=O)O)c4ccccc4C3(C)C)/CCC2)=[N+](CCCCSOOO)c2ccc3cc(SOOO)ccc3c21. The Bertz CT molecular complexity index is 2210. The fraction of sp³-hybridized carbons (Fsp3) is 0.390. The van der Waals surface area contributed by atoms with Crippen molar-refractivity contribution in [1.29, 1.82) is 0 Å². The predicted molar refractivity (Wildman–Crippen MR) is 224 cm³/mol. The molecule has 3 aliphatic rings. The standard InChI is InChI=1S/C41H47ClN2O9S3/c1-40(2)33-13-5-6-14-34(33)43(24-10-26-56(47,48)49)36(40)21-16-28-11-9-12-29(39(28)42)17-22-37-41(3,4)38-32-19-18-31(55-53-51-46)27-30(32)15-20-35(38)44(37)23-7-8-25-54-52-50-45/h5-6,13-22,27H,7-12,23-26H2,1-4H3,(H2-,45,46,47,48,49)/p+1. The van der Waals surface area contributed by atoms with Gasteiger partial charge in [0.2, 0.25) is 5.69 Å². The first-order chi connectivity index (χ1) is 26.8. The zero-order valence-corrected chi connectivity index (χ0v) is 35.1. The topological polar surface area (TPSA) is 138 Å². The fourth-order valence-electron chi connectivity index (χ4n) is 8.26. The third-order valence-electron chi connectivity index (χ3n) is 10.8. The van der Waals surface area contributed by atoms with Crippen LogP contribution in [0.2, 0.25) is 0 Å². The molecule has 0 amide bonds. The first kappa shape index (κ1) is 42.6. The molecule has 6 rings (SSSR count). The molecule has 0 atom stereocenters. The maximum atomic E-state index is 11.5. The van der Waals surface area contributed by atoms with Crippen LogP contribution in [0.15, 0.2) is 106 Å². The Morgan fingerprint density at radius 3 is 2.48 bits per heavy atom. The lowest BCUT2D eigenvalue weighted by Gasteiger charge is -2.27. The Labute approximate surface area is 342 Å². The van der Waals surface area contributed by atoms with Crippen LogP contribution in [0.3, 0.4) is 0 Å². The third-order valence-corrected chi connectivity index (χ3v) is 13.3. The molecule has 0 bridgehead atoms. The highest BCUT2D eigenvalue weighted by Crippen LogP contribution is 2.48. The van der Waals surface area contributed by atoms with Crippen LogP contribution in [0.5, 0.6) is 0 Å². The fourth-order valence-corrected chi connectivity index (χ4v) is 9.91. The number of unbranched alkanes of at least 4 members (excludes halogenated alkanes) is 1. The second-order valence-corrected chi connectivity index (χ2v) is 18.6. The lowest BCUT2D eigenvalue weighted by molar-refractivity contribution is -0.438. The number of fused-ring (bicyclic) bond motifs is 4. The van der Waals surface area contributed by atoms with Crippen LogP contribution in [0.1, 0.15) is 77.3 Å². The molecule has 1 aliphatic carbocycles. The summed E-state index contributed by atoms with van der Waals surface area (Å²) in [5, 5.41) is 27.6. The van der Waals surface area contributed by atoms with Gasteiger partial charge in [0, 0.05) is 75.2 Å². The average molecular weight is 844 g/mol. The Balaban J connectivity index is 1.33. The Hall–Kier alpha value is -2.99. The van der Waals surface area contributed by atoms with Gasteiger partial charge < -0.3 is 4.90 Å². The van der Waals surface area contributed by atoms with E-state index in [0.717, 1.165) is 123 Å². The smallest absolute Gasteiger partial charge is 0.264 e. The summed E-state index contributed by atoms with van der Waals surface area (Å²) in [6.07, 6.45) is 13.3. The van der Waals surface area contributed by atoms with Gasteiger partial charge in [-0.25, -0.2) is 10.5 Å². The average Bonchev–Trinajstić information content (AvgIpc) is 3.51. The normalized spacial score (nSPS) is 19.3. The molecule has 2 heterocycles. The number of halogens is 1. The summed E-state index contributed by atoms with van der Waals surface area (Å²) in [5.41, 5.74) is 8.18. The molecule has 0 saturated carbocycles. The van der Waals surface area contributed by atoms with Gasteiger partial charge in [0.25, 0.3) is 10.1 Å². The highest BCUT2D eigenvalue weighted by Gasteiger charge is 2.45. The first-order valence-corrected chi connectivity index (χ1v) is 22.2. The van der Waals surface area contributed by atoms with Crippen LogP contribution in [0.25, 0.3) is 10.8 Å². The van der Waals surface area contributed by atoms with Gasteiger partial charge in [-0.2, -0.15) is 13.0 Å². The van der Waals surface area contributed by atoms with Crippen molar-refractivity contribution in [3.05, 3.63) is 112 Å². The predicted octanol–water partition coefficient (Wildman–Crippen LogP) is 10.6. The molecule has 15 heteroatoms. The zero-order valence-electron chi connectivity index (χ0n) is 31.9. The molecule has 2 aliphatic heterocycles. The van der Waals surface area contributed by atoms with Crippen LogP contribution in [-0.4, -0.2) is 58.4 Å². The summed E-state index contributed by atoms with van der Waals surface area (Å²) in [7, 11) is -4.07. The van der Waals surface area contributed by atoms with Gasteiger partial charge in [-0.05, 0) is 104 Å². The minimum atomic E-state index is -4.07. The molecule has 0 radical (unpaired) electrons. The van der Waals surface area contributed by atoms with E-state index in [-0.39, 0.29) is 16.6 Å². The van der Waals surface area contributed by atoms with Gasteiger partial charge in [-0.3, -0.25) is 4.55 Å². The summed E-state index contributed by atoms with van der Waals surface area (Å²) in [6, 6.07) is 18.5. The number of hydrogen-bond acceptors (Lipinski definition) is 11. The Morgan fingerprint density at radius 2 is 1.71 bits per heavy atom. The summed E-state index contributed by atoms with van der Waals surface area (Å²) in [4.78, 5) is 2.95. The van der Waals surface area contributed by atoms with Crippen LogP contribution in [-0.2, 0) is 39.7 Å². The zero-order chi connectivity index (χ0) is 40.1. The van der Waals surface area contributed by atoms with Crippen molar-refractivity contribution in [2.45, 2.75) is 81.9 Å². The minimum absolute atomic E-state index is 0.291. The number of nitrogens with zero attached hydrogens (tertiary/aromatic N) is 2. The van der Waals surface area contributed by atoms with Crippen molar-refractivity contribution < 1.29 is 46.8 Å². The van der Waals surface area contributed by atoms with E-state index in [1.54, 1.807) is 0 Å². The van der Waals surface area contributed by atoms with Crippen LogP contribution in [0.4, 0.5) is 11.4 Å². The van der Waals surface area contributed by atoms with Gasteiger partial charge in [-0.1, -0.05) is 71.9 Å². The molecule has 3 aromatic carbocycles. The maximum absolute atomic E-state index is 11.5. The van der Waals surface area contributed by atoms with E-state index in [1.807, 2.05) is 24.3 Å². The van der Waals surface area contributed by atoms with Crippen molar-refractivity contribution in [1.82, 2.24) is 0 Å². The Kier molecular flexibility index (Phi) is 13.9. The molecule has 3 N–H and O–H groups in total. The van der Waals surface area contributed by atoms with E-state index >= 15 is 0 Å². The van der Waals surface area contributed by atoms with Gasteiger partial charge in [0.1, 0.15) is 6.54 Å². The number of allylic oxidation sites excluding steroid dienone is 8. The van der Waals surface area contributed by atoms with Crippen LogP contribution in [0, 0.1) is 0 Å². The van der Waals surface area contributed by atoms with Gasteiger partial charge >= 0.3 is 0 Å². The molecule has 3 aromatic rings. The highest BCUT2D eigenvalue weighted by molar-refractivity contribution is 7.94. The lowest BCUT2D eigenvalue weighted by Crippen LogP contribution is -2.28. The number of rotatable bonds is 17. The van der Waals surface area contributed by atoms with Crippen molar-refractivity contribution in [2.75, 3.05) is 29.5 Å². The number of benzene rings is 3. The lowest BCUT2D eigenvalue weighted by atomic mass is 9.78. The molecule has 56 heavy (non-hydrogen) atoms. The van der Waals surface area contributed by atoms with Crippen molar-refractivity contribution in [2.24, 2.45) is 0 Å². The van der Waals surface area contributed by atoms with E-state index < -0.39 is 10.1 Å². The summed E-state index contributed by atoms with van der Waals surface area (Å²) in [5.74, 6) is 0.358. The molecule has 0 saturated heterocycles. The third kappa shape index (κ3) is 9.32. The van der Waals surface area contributed by atoms with Gasteiger partial charge in [0.05, 0.1) is 23.2 Å². The van der Waals surface area contributed by atoms with Crippen LogP contribution >= 0.6 is 35.7 Å². The van der Waals surface area contributed by atoms with Gasteiger partial charge in [-0.15, -0.1) is 8.67 Å². The van der Waals surface area contributed by atoms with E-state index in [0.29, 0.717) is 18.7 Å². The van der Waals surface area contributed by atoms with E-state index in [1.165, 1.54) is 5.56 Å². The second kappa shape index (κ2) is 18.3. The minimum Gasteiger partial charge on any atom is -0.344 e. The summed E-state index contributed by atoms with van der Waals surface area (Å²) < 4.78 is 44.1. The monoisotopic (exact) mass is 843 g/mol. The second-order valence-electron chi connectivity index (χ2n) is 15.1. The molecular weight excluding hydrogens is 796 g/mol. The summed E-state index contributed by atoms with van der Waals surface area (Å²) >= 11 is 9.23. The summed E-state index contributed by atoms with van der Waals surface area (Å²) in [6.45, 7) is 10.1. The van der Waals surface area contributed by atoms with E-state index in [2.05, 4.69) is 111 Å². The molecule has 0 fully saturated rings. The molecule has 0 aromatic heterocycles. The maximum Gasteiger partial charge on any atom is 0.264 e. The number of para-hydroxylation sites is 1. The molecule has 11 nitrogen and oxygen atoms in total. The Morgan fingerprint density at radius 1 is 0.929 bits per heavy atom.